The number of ether oxygens (including phenoxy) is 1. The maximum absolute atomic E-state index is 11.0. The summed E-state index contributed by atoms with van der Waals surface area (Å²) in [5, 5.41) is 13.1. The molecule has 1 heterocycles. The second-order valence-corrected chi connectivity index (χ2v) is 6.92. The molecule has 6 nitrogen and oxygen atoms in total. The van der Waals surface area contributed by atoms with Crippen LogP contribution in [0.15, 0.2) is 0 Å². The van der Waals surface area contributed by atoms with Gasteiger partial charge in [-0.3, -0.25) is 4.79 Å². The van der Waals surface area contributed by atoms with Gasteiger partial charge < -0.3 is 15.2 Å². The van der Waals surface area contributed by atoms with E-state index in [-0.39, 0.29) is 30.1 Å². The van der Waals surface area contributed by atoms with Crippen LogP contribution in [-0.4, -0.2) is 38.2 Å². The maximum atomic E-state index is 11.0. The van der Waals surface area contributed by atoms with Crippen LogP contribution < -0.4 is 5.32 Å². The first-order valence-electron chi connectivity index (χ1n) is 6.71. The van der Waals surface area contributed by atoms with Crippen molar-refractivity contribution in [3.63, 3.8) is 0 Å². The third-order valence-corrected chi connectivity index (χ3v) is 3.97. The first-order chi connectivity index (χ1) is 9.24. The van der Waals surface area contributed by atoms with Crippen LogP contribution in [0.25, 0.3) is 0 Å². The van der Waals surface area contributed by atoms with Crippen molar-refractivity contribution in [2.45, 2.75) is 58.3 Å². The van der Waals surface area contributed by atoms with Gasteiger partial charge in [0.2, 0.25) is 5.13 Å². The summed E-state index contributed by atoms with van der Waals surface area (Å²) >= 11 is 1.30. The highest BCUT2D eigenvalue weighted by Gasteiger charge is 2.45. The summed E-state index contributed by atoms with van der Waals surface area (Å²) in [6.07, 6.45) is 0.891. The maximum Gasteiger partial charge on any atom is 0.303 e. The van der Waals surface area contributed by atoms with Gasteiger partial charge in [0.15, 0.2) is 0 Å². The van der Waals surface area contributed by atoms with E-state index in [2.05, 4.69) is 14.7 Å². The van der Waals surface area contributed by atoms with E-state index in [1.165, 1.54) is 11.5 Å². The van der Waals surface area contributed by atoms with Gasteiger partial charge >= 0.3 is 5.97 Å². The number of carbonyl (C=O) groups is 1. The molecular formula is C13H21N3O3S. The number of carboxylic acid groups (broad SMARTS) is 1. The predicted molar refractivity (Wildman–Crippen MR) is 77.0 cm³/mol. The molecule has 0 aliphatic heterocycles. The minimum absolute atomic E-state index is 0.0161. The molecule has 1 aromatic heterocycles. The van der Waals surface area contributed by atoms with Crippen LogP contribution in [0, 0.1) is 12.8 Å². The summed E-state index contributed by atoms with van der Waals surface area (Å²) in [5.41, 5.74) is -0.258. The molecule has 0 spiro atoms. The Kier molecular flexibility index (Phi) is 4.29. The normalized spacial score (nSPS) is 26.1. The Morgan fingerprint density at radius 1 is 1.55 bits per heavy atom. The number of carboxylic acids is 1. The number of nitrogens with one attached hydrogen (secondary N) is 1. The lowest BCUT2D eigenvalue weighted by Gasteiger charge is -2.46. The van der Waals surface area contributed by atoms with Crippen molar-refractivity contribution in [2.24, 2.45) is 5.92 Å². The molecule has 0 radical (unpaired) electrons. The monoisotopic (exact) mass is 299 g/mol. The summed E-state index contributed by atoms with van der Waals surface area (Å²) in [6.45, 7) is 7.79. The molecular weight excluding hydrogens is 278 g/mol. The number of rotatable bonds is 5. The lowest BCUT2D eigenvalue weighted by atomic mass is 9.74. The van der Waals surface area contributed by atoms with Gasteiger partial charge in [-0.15, -0.1) is 0 Å². The molecule has 3 atom stereocenters. The molecule has 1 saturated carbocycles. The van der Waals surface area contributed by atoms with Crippen molar-refractivity contribution in [3.8, 4) is 0 Å². The van der Waals surface area contributed by atoms with Crippen LogP contribution in [-0.2, 0) is 9.53 Å². The van der Waals surface area contributed by atoms with Crippen LogP contribution in [0.4, 0.5) is 5.13 Å². The van der Waals surface area contributed by atoms with E-state index in [9.17, 15) is 4.79 Å². The van der Waals surface area contributed by atoms with Crippen molar-refractivity contribution in [1.82, 2.24) is 9.36 Å². The van der Waals surface area contributed by atoms with E-state index in [1.807, 2.05) is 27.7 Å². The van der Waals surface area contributed by atoms with Gasteiger partial charge in [0, 0.05) is 23.5 Å². The molecule has 1 aromatic rings. The van der Waals surface area contributed by atoms with Crippen LogP contribution >= 0.6 is 11.5 Å². The first-order valence-corrected chi connectivity index (χ1v) is 7.48. The largest absolute Gasteiger partial charge is 0.481 e. The van der Waals surface area contributed by atoms with Crippen molar-refractivity contribution < 1.29 is 14.6 Å². The van der Waals surface area contributed by atoms with Gasteiger partial charge in [-0.05, 0) is 34.1 Å². The minimum Gasteiger partial charge on any atom is -0.481 e. The summed E-state index contributed by atoms with van der Waals surface area (Å²) in [4.78, 5) is 15.3. The molecule has 2 rings (SSSR count). The van der Waals surface area contributed by atoms with E-state index in [0.29, 0.717) is 0 Å². The number of aliphatic carboxylic acids is 1. The molecule has 0 bridgehead atoms. The fraction of sp³-hybridized carbons (Fsp3) is 0.769. The van der Waals surface area contributed by atoms with Crippen molar-refractivity contribution in [3.05, 3.63) is 5.82 Å². The van der Waals surface area contributed by atoms with E-state index >= 15 is 0 Å². The average molecular weight is 299 g/mol. The minimum atomic E-state index is -0.794. The Morgan fingerprint density at radius 3 is 2.75 bits per heavy atom. The van der Waals surface area contributed by atoms with Gasteiger partial charge in [0.05, 0.1) is 18.1 Å². The Hall–Kier alpha value is -1.21. The first kappa shape index (κ1) is 15.2. The number of aromatic nitrogens is 2. The lowest BCUT2D eigenvalue weighted by Crippen LogP contribution is -2.54. The number of hydrogen-bond acceptors (Lipinski definition) is 6. The standard InChI is InChI=1S/C13H21N3O3S/c1-7-14-12(20-16-7)15-9-6-10(19-13(2,3)4)8(9)5-11(17)18/h8-10H,5-6H2,1-4H3,(H,17,18)(H,14,15,16)/t8-,9+,10-/m0/s1. The Bertz CT molecular complexity index is 483. The molecule has 0 unspecified atom stereocenters. The Labute approximate surface area is 122 Å². The summed E-state index contributed by atoms with van der Waals surface area (Å²) < 4.78 is 10.0. The number of aryl methyl sites for hydroxylation is 1. The zero-order valence-corrected chi connectivity index (χ0v) is 13.0. The third kappa shape index (κ3) is 3.89. The summed E-state index contributed by atoms with van der Waals surface area (Å²) in [6, 6.07) is 0.0887. The smallest absolute Gasteiger partial charge is 0.303 e. The number of anilines is 1. The topological polar surface area (TPSA) is 84.3 Å². The fourth-order valence-corrected chi connectivity index (χ4v) is 3.04. The molecule has 20 heavy (non-hydrogen) atoms. The van der Waals surface area contributed by atoms with Gasteiger partial charge in [-0.1, -0.05) is 0 Å². The van der Waals surface area contributed by atoms with Crippen molar-refractivity contribution in [1.29, 1.82) is 0 Å². The second kappa shape index (κ2) is 5.65. The van der Waals surface area contributed by atoms with Crippen LogP contribution in [0.5, 0.6) is 0 Å². The highest BCUT2D eigenvalue weighted by molar-refractivity contribution is 7.09. The summed E-state index contributed by atoms with van der Waals surface area (Å²) in [7, 11) is 0. The Balaban J connectivity index is 1.97. The molecule has 1 aliphatic rings. The fourth-order valence-electron chi connectivity index (χ4n) is 2.41. The zero-order chi connectivity index (χ0) is 14.9. The molecule has 0 saturated heterocycles. The molecule has 2 N–H and O–H groups in total. The molecule has 7 heteroatoms. The number of nitrogens with zero attached hydrogens (tertiary/aromatic N) is 2. The lowest BCUT2D eigenvalue weighted by molar-refractivity contribution is -0.153. The highest BCUT2D eigenvalue weighted by atomic mass is 32.1. The molecule has 0 aromatic carbocycles. The summed E-state index contributed by atoms with van der Waals surface area (Å²) in [5.74, 6) is -0.0949. The van der Waals surface area contributed by atoms with Gasteiger partial charge in [-0.25, -0.2) is 4.98 Å². The predicted octanol–water partition coefficient (Wildman–Crippen LogP) is 2.31. The van der Waals surface area contributed by atoms with Crippen LogP contribution in [0.3, 0.4) is 0 Å². The van der Waals surface area contributed by atoms with Gasteiger partial charge in [0.1, 0.15) is 5.82 Å². The Morgan fingerprint density at radius 2 is 2.25 bits per heavy atom. The van der Waals surface area contributed by atoms with Crippen molar-refractivity contribution in [2.75, 3.05) is 5.32 Å². The molecule has 112 valence electrons. The molecule has 0 amide bonds. The van der Waals surface area contributed by atoms with E-state index in [1.54, 1.807) is 0 Å². The zero-order valence-electron chi connectivity index (χ0n) is 12.2. The van der Waals surface area contributed by atoms with E-state index in [4.69, 9.17) is 9.84 Å². The average Bonchev–Trinajstić information content (AvgIpc) is 2.69. The van der Waals surface area contributed by atoms with E-state index in [0.717, 1.165) is 17.4 Å². The van der Waals surface area contributed by atoms with Crippen molar-refractivity contribution >= 4 is 22.6 Å². The molecule has 1 fully saturated rings. The van der Waals surface area contributed by atoms with Crippen LogP contribution in [0.1, 0.15) is 39.4 Å². The second-order valence-electron chi connectivity index (χ2n) is 6.16. The van der Waals surface area contributed by atoms with Crippen LogP contribution in [0.2, 0.25) is 0 Å². The van der Waals surface area contributed by atoms with Gasteiger partial charge in [-0.2, -0.15) is 4.37 Å². The number of hydrogen-bond donors (Lipinski definition) is 2. The SMILES string of the molecule is Cc1nsc(N[C@@H]2C[C@H](OC(C)(C)C)[C@H]2CC(=O)O)n1. The van der Waals surface area contributed by atoms with Gasteiger partial charge in [0.25, 0.3) is 0 Å². The molecule has 1 aliphatic carbocycles. The quantitative estimate of drug-likeness (QED) is 0.868. The highest BCUT2D eigenvalue weighted by Crippen LogP contribution is 2.38. The van der Waals surface area contributed by atoms with E-state index < -0.39 is 5.97 Å². The third-order valence-electron chi connectivity index (χ3n) is 3.23.